The van der Waals surface area contributed by atoms with Crippen LogP contribution in [0.25, 0.3) is 0 Å². The van der Waals surface area contributed by atoms with Gasteiger partial charge in [-0.05, 0) is 6.92 Å². The predicted molar refractivity (Wildman–Crippen MR) is 45.3 cm³/mol. The number of aryl methyl sites for hydroxylation is 2. The summed E-state index contributed by atoms with van der Waals surface area (Å²) in [6.45, 7) is 2.52. The van der Waals surface area contributed by atoms with Gasteiger partial charge in [0.05, 0.1) is 6.54 Å². The third-order valence-electron chi connectivity index (χ3n) is 1.49. The highest BCUT2D eigenvalue weighted by molar-refractivity contribution is 5.36. The van der Waals surface area contributed by atoms with Crippen molar-refractivity contribution in [3.63, 3.8) is 0 Å². The number of aromatic nitrogens is 2. The summed E-state index contributed by atoms with van der Waals surface area (Å²) in [4.78, 5) is 0. The second kappa shape index (κ2) is 3.11. The van der Waals surface area contributed by atoms with Crippen LogP contribution in [0.2, 0.25) is 0 Å². The first-order chi connectivity index (χ1) is 5.24. The summed E-state index contributed by atoms with van der Waals surface area (Å²) in [5.74, 6) is 3.32. The van der Waals surface area contributed by atoms with E-state index in [0.29, 0.717) is 6.54 Å². The van der Waals surface area contributed by atoms with Crippen LogP contribution >= 0.6 is 0 Å². The van der Waals surface area contributed by atoms with E-state index in [1.54, 1.807) is 4.68 Å². The first kappa shape index (κ1) is 7.67. The minimum absolute atomic E-state index is 0.524. The Morgan fingerprint density at radius 2 is 2.55 bits per heavy atom. The van der Waals surface area contributed by atoms with E-state index in [2.05, 4.69) is 16.3 Å². The maximum absolute atomic E-state index is 5.07. The van der Waals surface area contributed by atoms with E-state index in [0.717, 1.165) is 11.5 Å². The summed E-state index contributed by atoms with van der Waals surface area (Å²) in [5, 5.41) is 7.15. The quantitative estimate of drug-likeness (QED) is 0.629. The number of hydrogen-bond acceptors (Lipinski definition) is 2. The number of nitrogens with zero attached hydrogens (tertiary/aromatic N) is 2. The molecule has 0 atom stereocenters. The fraction of sp³-hybridized carbons (Fsp3) is 0.375. The van der Waals surface area contributed by atoms with Gasteiger partial charge >= 0.3 is 0 Å². The highest BCUT2D eigenvalue weighted by Gasteiger charge is 1.97. The van der Waals surface area contributed by atoms with Crippen molar-refractivity contribution in [1.82, 2.24) is 9.78 Å². The van der Waals surface area contributed by atoms with Crippen molar-refractivity contribution in [3.8, 4) is 12.3 Å². The van der Waals surface area contributed by atoms with Crippen molar-refractivity contribution >= 4 is 5.82 Å². The smallest absolute Gasteiger partial charge is 0.149 e. The van der Waals surface area contributed by atoms with Crippen molar-refractivity contribution in [3.05, 3.63) is 11.8 Å². The van der Waals surface area contributed by atoms with Gasteiger partial charge in [-0.1, -0.05) is 5.92 Å². The van der Waals surface area contributed by atoms with Gasteiger partial charge in [-0.3, -0.25) is 4.68 Å². The van der Waals surface area contributed by atoms with Gasteiger partial charge in [-0.15, -0.1) is 6.42 Å². The average Bonchev–Trinajstić information content (AvgIpc) is 2.28. The first-order valence-electron chi connectivity index (χ1n) is 3.42. The van der Waals surface area contributed by atoms with E-state index in [1.165, 1.54) is 0 Å². The van der Waals surface area contributed by atoms with Crippen LogP contribution in [0.3, 0.4) is 0 Å². The Hall–Kier alpha value is -1.43. The highest BCUT2D eigenvalue weighted by Crippen LogP contribution is 2.05. The van der Waals surface area contributed by atoms with E-state index >= 15 is 0 Å². The van der Waals surface area contributed by atoms with Crippen LogP contribution in [0.15, 0.2) is 6.07 Å². The lowest BCUT2D eigenvalue weighted by atomic mass is 10.4. The highest BCUT2D eigenvalue weighted by atomic mass is 15.3. The van der Waals surface area contributed by atoms with Crippen LogP contribution in [-0.2, 0) is 7.05 Å². The molecule has 3 heteroatoms. The normalized spacial score (nSPS) is 9.18. The van der Waals surface area contributed by atoms with Crippen molar-refractivity contribution in [2.75, 3.05) is 11.9 Å². The maximum atomic E-state index is 5.07. The monoisotopic (exact) mass is 149 g/mol. The van der Waals surface area contributed by atoms with Gasteiger partial charge in [-0.2, -0.15) is 5.10 Å². The Kier molecular flexibility index (Phi) is 2.17. The average molecular weight is 149 g/mol. The van der Waals surface area contributed by atoms with Crippen LogP contribution in [0, 0.1) is 19.3 Å². The Labute approximate surface area is 66.4 Å². The summed E-state index contributed by atoms with van der Waals surface area (Å²) in [6, 6.07) is 1.96. The lowest BCUT2D eigenvalue weighted by molar-refractivity contribution is 0.742. The molecule has 1 aromatic rings. The van der Waals surface area contributed by atoms with E-state index in [9.17, 15) is 0 Å². The largest absolute Gasteiger partial charge is 0.358 e. The molecule has 1 N–H and O–H groups in total. The van der Waals surface area contributed by atoms with Gasteiger partial charge in [0.25, 0.3) is 0 Å². The van der Waals surface area contributed by atoms with Crippen molar-refractivity contribution in [2.45, 2.75) is 6.92 Å². The summed E-state index contributed by atoms with van der Waals surface area (Å²) in [5.41, 5.74) is 1.12. The Morgan fingerprint density at radius 3 is 3.00 bits per heavy atom. The molecule has 11 heavy (non-hydrogen) atoms. The molecule has 0 unspecified atom stereocenters. The molecule has 1 aromatic heterocycles. The molecule has 1 rings (SSSR count). The lowest BCUT2D eigenvalue weighted by Gasteiger charge is -1.93. The zero-order chi connectivity index (χ0) is 8.27. The number of rotatable bonds is 2. The van der Waals surface area contributed by atoms with Gasteiger partial charge in [0, 0.05) is 18.8 Å². The molecular formula is C8H11N3. The van der Waals surface area contributed by atoms with Gasteiger partial charge in [0.15, 0.2) is 0 Å². The third-order valence-corrected chi connectivity index (χ3v) is 1.49. The molecule has 0 saturated carbocycles. The number of anilines is 1. The van der Waals surface area contributed by atoms with E-state index < -0.39 is 0 Å². The van der Waals surface area contributed by atoms with Crippen molar-refractivity contribution < 1.29 is 0 Å². The molecule has 0 radical (unpaired) electrons. The Morgan fingerprint density at radius 1 is 1.82 bits per heavy atom. The minimum atomic E-state index is 0.524. The SMILES string of the molecule is C#CCNc1cc(C)n(C)n1. The molecule has 3 nitrogen and oxygen atoms in total. The summed E-state index contributed by atoms with van der Waals surface area (Å²) in [6.07, 6.45) is 5.07. The first-order valence-corrected chi connectivity index (χ1v) is 3.42. The second-order valence-corrected chi connectivity index (χ2v) is 2.35. The number of hydrogen-bond donors (Lipinski definition) is 1. The van der Waals surface area contributed by atoms with Gasteiger partial charge in [0.1, 0.15) is 5.82 Å². The van der Waals surface area contributed by atoms with Crippen LogP contribution in [0.4, 0.5) is 5.82 Å². The fourth-order valence-corrected chi connectivity index (χ4v) is 0.789. The number of nitrogens with one attached hydrogen (secondary N) is 1. The summed E-state index contributed by atoms with van der Waals surface area (Å²) < 4.78 is 1.80. The summed E-state index contributed by atoms with van der Waals surface area (Å²) >= 11 is 0. The molecule has 1 heterocycles. The van der Waals surface area contributed by atoms with Crippen molar-refractivity contribution in [2.24, 2.45) is 7.05 Å². The Bertz CT molecular complexity index is 261. The Balaban J connectivity index is 2.67. The zero-order valence-electron chi connectivity index (χ0n) is 6.76. The molecule has 0 aliphatic carbocycles. The minimum Gasteiger partial charge on any atom is -0.358 e. The van der Waals surface area contributed by atoms with Gasteiger partial charge in [0.2, 0.25) is 0 Å². The molecular weight excluding hydrogens is 138 g/mol. The van der Waals surface area contributed by atoms with E-state index in [-0.39, 0.29) is 0 Å². The van der Waals surface area contributed by atoms with Crippen LogP contribution in [0.5, 0.6) is 0 Å². The zero-order valence-corrected chi connectivity index (χ0v) is 6.76. The fourth-order valence-electron chi connectivity index (χ4n) is 0.789. The third kappa shape index (κ3) is 1.74. The molecule has 0 aliphatic rings. The molecule has 0 amide bonds. The molecule has 0 bridgehead atoms. The molecule has 0 saturated heterocycles. The van der Waals surface area contributed by atoms with Gasteiger partial charge in [-0.25, -0.2) is 0 Å². The van der Waals surface area contributed by atoms with Crippen molar-refractivity contribution in [1.29, 1.82) is 0 Å². The van der Waals surface area contributed by atoms with Crippen LogP contribution in [-0.4, -0.2) is 16.3 Å². The van der Waals surface area contributed by atoms with E-state index in [1.807, 2.05) is 20.0 Å². The summed E-state index contributed by atoms with van der Waals surface area (Å²) in [7, 11) is 1.90. The molecule has 0 spiro atoms. The topological polar surface area (TPSA) is 29.9 Å². The van der Waals surface area contributed by atoms with E-state index in [4.69, 9.17) is 6.42 Å². The second-order valence-electron chi connectivity index (χ2n) is 2.35. The standard InChI is InChI=1S/C8H11N3/c1-4-5-9-8-6-7(2)11(3)10-8/h1,6H,5H2,2-3H3,(H,9,10). The lowest BCUT2D eigenvalue weighted by Crippen LogP contribution is -1.99. The molecule has 0 fully saturated rings. The molecule has 0 aliphatic heterocycles. The van der Waals surface area contributed by atoms with Gasteiger partial charge < -0.3 is 5.32 Å². The molecule has 58 valence electrons. The van der Waals surface area contributed by atoms with Crippen LogP contribution < -0.4 is 5.32 Å². The predicted octanol–water partition coefficient (Wildman–Crippen LogP) is 0.774. The number of terminal acetylenes is 1. The molecule has 0 aromatic carbocycles. The van der Waals surface area contributed by atoms with Crippen LogP contribution in [0.1, 0.15) is 5.69 Å². The maximum Gasteiger partial charge on any atom is 0.149 e.